The lowest BCUT2D eigenvalue weighted by Gasteiger charge is -2.47. The average molecular weight is 496 g/mol. The molecule has 3 aromatic heterocycles. The van der Waals surface area contributed by atoms with Gasteiger partial charge in [0.15, 0.2) is 17.3 Å². The van der Waals surface area contributed by atoms with Gasteiger partial charge < -0.3 is 24.0 Å². The summed E-state index contributed by atoms with van der Waals surface area (Å²) in [6.45, 7) is 4.55. The molecule has 0 radical (unpaired) electrons. The number of ether oxygens (including phenoxy) is 2. The van der Waals surface area contributed by atoms with Crippen LogP contribution in [0.4, 0.5) is 4.39 Å². The van der Waals surface area contributed by atoms with Crippen molar-refractivity contribution in [3.8, 4) is 28.5 Å². The molecule has 188 valence electrons. The second kappa shape index (κ2) is 9.32. The monoisotopic (exact) mass is 495 g/mol. The molecular weight excluding hydrogens is 469 g/mol. The molecule has 0 aliphatic carbocycles. The first kappa shape index (κ1) is 23.9. The summed E-state index contributed by atoms with van der Waals surface area (Å²) in [4.78, 5) is 18.7. The van der Waals surface area contributed by atoms with Gasteiger partial charge in [0.25, 0.3) is 5.91 Å². The molecule has 11 heteroatoms. The Morgan fingerprint density at radius 3 is 2.81 bits per heavy atom. The number of carbonyl (C=O) groups excluding carboxylic acids is 1. The van der Waals surface area contributed by atoms with Gasteiger partial charge in [-0.05, 0) is 38.5 Å². The van der Waals surface area contributed by atoms with Gasteiger partial charge in [-0.25, -0.2) is 4.39 Å². The number of aromatic nitrogens is 4. The number of H-pyrrole nitrogens is 1. The number of likely N-dealkylation sites (tertiary alicyclic amines) is 1. The molecule has 4 heterocycles. The van der Waals surface area contributed by atoms with Crippen LogP contribution in [0, 0.1) is 5.82 Å². The van der Waals surface area contributed by atoms with Crippen LogP contribution in [0.2, 0.25) is 0 Å². The Kier molecular flexibility index (Phi) is 6.19. The van der Waals surface area contributed by atoms with Gasteiger partial charge in [0.05, 0.1) is 23.8 Å². The van der Waals surface area contributed by atoms with Gasteiger partial charge in [0.1, 0.15) is 23.7 Å². The molecular formula is C25H26FN5O5. The molecule has 0 bridgehead atoms. The summed E-state index contributed by atoms with van der Waals surface area (Å²) in [5.74, 6) is -0.311. The van der Waals surface area contributed by atoms with Crippen LogP contribution in [0.15, 0.2) is 41.1 Å². The van der Waals surface area contributed by atoms with Gasteiger partial charge in [-0.15, -0.1) is 0 Å². The molecule has 1 aliphatic heterocycles. The smallest absolute Gasteiger partial charge is 0.272 e. The van der Waals surface area contributed by atoms with Crippen molar-refractivity contribution in [2.45, 2.75) is 31.9 Å². The summed E-state index contributed by atoms with van der Waals surface area (Å²) in [5, 5.41) is 22.0. The van der Waals surface area contributed by atoms with Crippen LogP contribution in [0.25, 0.3) is 33.6 Å². The molecule has 4 aromatic rings. The minimum atomic E-state index is -0.969. The van der Waals surface area contributed by atoms with Crippen LogP contribution in [-0.4, -0.2) is 74.8 Å². The lowest BCUT2D eigenvalue weighted by atomic mass is 9.87. The molecule has 1 fully saturated rings. The van der Waals surface area contributed by atoms with E-state index >= 15 is 0 Å². The molecule has 10 nitrogen and oxygen atoms in total. The van der Waals surface area contributed by atoms with Crippen LogP contribution in [0.1, 0.15) is 30.8 Å². The Balaban J connectivity index is 1.34. The van der Waals surface area contributed by atoms with E-state index in [0.717, 1.165) is 6.42 Å². The summed E-state index contributed by atoms with van der Waals surface area (Å²) in [5.41, 5.74) is 1.43. The summed E-state index contributed by atoms with van der Waals surface area (Å²) in [7, 11) is 1.54. The number of benzene rings is 1. The zero-order valence-corrected chi connectivity index (χ0v) is 20.1. The Labute approximate surface area is 206 Å². The minimum Gasteiger partial charge on any atom is -0.488 e. The summed E-state index contributed by atoms with van der Waals surface area (Å²) in [6.07, 6.45) is 2.29. The largest absolute Gasteiger partial charge is 0.488 e. The van der Waals surface area contributed by atoms with Crippen molar-refractivity contribution >= 4 is 16.8 Å². The number of methoxy groups -OCH3 is 1. The normalized spacial score (nSPS) is 15.8. The molecule has 1 aliphatic rings. The highest BCUT2D eigenvalue weighted by atomic mass is 19.1. The van der Waals surface area contributed by atoms with Crippen molar-refractivity contribution in [3.05, 3.63) is 48.0 Å². The maximum Gasteiger partial charge on any atom is 0.272 e. The minimum absolute atomic E-state index is 0.0980. The van der Waals surface area contributed by atoms with Gasteiger partial charge in [-0.1, -0.05) is 5.16 Å². The fourth-order valence-corrected chi connectivity index (χ4v) is 4.26. The van der Waals surface area contributed by atoms with Crippen molar-refractivity contribution in [2.24, 2.45) is 0 Å². The number of hydrogen-bond acceptors (Lipinski definition) is 8. The van der Waals surface area contributed by atoms with Crippen molar-refractivity contribution < 1.29 is 28.3 Å². The number of amides is 1. The van der Waals surface area contributed by atoms with E-state index in [4.69, 9.17) is 14.0 Å². The Bertz CT molecular complexity index is 1390. The topological polar surface area (TPSA) is 127 Å². The van der Waals surface area contributed by atoms with Gasteiger partial charge in [-0.3, -0.25) is 14.9 Å². The number of aromatic amines is 1. The summed E-state index contributed by atoms with van der Waals surface area (Å²) in [6, 6.07) is 7.66. The molecule has 0 unspecified atom stereocenters. The van der Waals surface area contributed by atoms with Crippen molar-refractivity contribution in [1.29, 1.82) is 0 Å². The highest BCUT2D eigenvalue weighted by molar-refractivity contribution is 5.94. The molecule has 0 saturated carbocycles. The highest BCUT2D eigenvalue weighted by Gasteiger charge is 2.42. The zero-order chi connectivity index (χ0) is 25.4. The average Bonchev–Trinajstić information content (AvgIpc) is 3.44. The standard InChI is InChI=1S/C25H26FN5O5/c1-25(2,33)22-6-7-31(22)24(32)17-5-4-14(13-27-17)18-11-21(36-30-18)23-15-10-16(26)20(35-9-8-34-3)12-19(15)28-29-23/h4-5,10-13,22,33H,6-9H2,1-3H3,(H,28,29)/t22-/m0/s1. The molecule has 36 heavy (non-hydrogen) atoms. The molecule has 2 N–H and O–H groups in total. The third-order valence-corrected chi connectivity index (χ3v) is 6.28. The van der Waals surface area contributed by atoms with Gasteiger partial charge in [-0.2, -0.15) is 5.10 Å². The van der Waals surface area contributed by atoms with E-state index in [-0.39, 0.29) is 30.0 Å². The van der Waals surface area contributed by atoms with Crippen LogP contribution in [-0.2, 0) is 4.74 Å². The van der Waals surface area contributed by atoms with E-state index < -0.39 is 11.4 Å². The van der Waals surface area contributed by atoms with Crippen LogP contribution in [0.5, 0.6) is 5.75 Å². The second-order valence-corrected chi connectivity index (χ2v) is 9.21. The quantitative estimate of drug-likeness (QED) is 0.356. The second-order valence-electron chi connectivity index (χ2n) is 9.21. The third kappa shape index (κ3) is 4.42. The van der Waals surface area contributed by atoms with E-state index in [1.807, 2.05) is 0 Å². The Hall–Kier alpha value is -3.83. The maximum atomic E-state index is 14.6. The van der Waals surface area contributed by atoms with E-state index in [1.165, 1.54) is 12.1 Å². The Morgan fingerprint density at radius 2 is 2.14 bits per heavy atom. The number of nitrogens with one attached hydrogen (secondary N) is 1. The van der Waals surface area contributed by atoms with Crippen molar-refractivity contribution in [2.75, 3.05) is 26.9 Å². The first-order valence-corrected chi connectivity index (χ1v) is 11.5. The van der Waals surface area contributed by atoms with Gasteiger partial charge in [0.2, 0.25) is 0 Å². The number of rotatable bonds is 8. The number of hydrogen-bond donors (Lipinski definition) is 2. The zero-order valence-electron chi connectivity index (χ0n) is 20.1. The molecule has 0 spiro atoms. The number of carbonyl (C=O) groups is 1. The molecule has 1 atom stereocenters. The fourth-order valence-electron chi connectivity index (χ4n) is 4.26. The van der Waals surface area contributed by atoms with Crippen LogP contribution >= 0.6 is 0 Å². The van der Waals surface area contributed by atoms with Crippen LogP contribution in [0.3, 0.4) is 0 Å². The van der Waals surface area contributed by atoms with Gasteiger partial charge >= 0.3 is 0 Å². The SMILES string of the molecule is COCCOc1cc2[nH]nc(-c3cc(-c4ccc(C(=O)N5CC[C@H]5C(C)(C)O)nc4)no3)c2cc1F. The van der Waals surface area contributed by atoms with E-state index in [1.54, 1.807) is 50.3 Å². The number of fused-ring (bicyclic) bond motifs is 1. The summed E-state index contributed by atoms with van der Waals surface area (Å²) < 4.78 is 30.4. The summed E-state index contributed by atoms with van der Waals surface area (Å²) >= 11 is 0. The van der Waals surface area contributed by atoms with Crippen molar-refractivity contribution in [1.82, 2.24) is 25.2 Å². The highest BCUT2D eigenvalue weighted by Crippen LogP contribution is 2.33. The third-order valence-electron chi connectivity index (χ3n) is 6.28. The molecule has 1 saturated heterocycles. The lowest BCUT2D eigenvalue weighted by molar-refractivity contribution is -0.0552. The predicted molar refractivity (Wildman–Crippen MR) is 128 cm³/mol. The molecule has 5 rings (SSSR count). The van der Waals surface area contributed by atoms with Crippen LogP contribution < -0.4 is 4.74 Å². The van der Waals surface area contributed by atoms with Crippen molar-refractivity contribution in [3.63, 3.8) is 0 Å². The fraction of sp³-hybridized carbons (Fsp3) is 0.360. The molecule has 1 amide bonds. The van der Waals surface area contributed by atoms with E-state index in [0.29, 0.717) is 46.8 Å². The number of nitrogens with zero attached hydrogens (tertiary/aromatic N) is 4. The number of aliphatic hydroxyl groups is 1. The lowest BCUT2D eigenvalue weighted by Crippen LogP contribution is -2.60. The van der Waals surface area contributed by atoms with E-state index in [2.05, 4.69) is 20.3 Å². The number of halogens is 1. The Morgan fingerprint density at radius 1 is 1.31 bits per heavy atom. The maximum absolute atomic E-state index is 14.6. The molecule has 1 aromatic carbocycles. The number of pyridine rings is 1. The first-order chi connectivity index (χ1) is 17.3. The first-order valence-electron chi connectivity index (χ1n) is 11.5. The predicted octanol–water partition coefficient (Wildman–Crippen LogP) is 3.43. The van der Waals surface area contributed by atoms with Gasteiger partial charge in [0, 0.05) is 42.9 Å². The van der Waals surface area contributed by atoms with E-state index in [9.17, 15) is 14.3 Å².